The number of nitrogens with two attached hydrogens (primary N) is 1. The highest BCUT2D eigenvalue weighted by molar-refractivity contribution is 6.31. The Morgan fingerprint density at radius 2 is 2.00 bits per heavy atom. The van der Waals surface area contributed by atoms with E-state index in [0.29, 0.717) is 16.6 Å². The van der Waals surface area contributed by atoms with Crippen LogP contribution >= 0.6 is 11.6 Å². The number of nitrogens with one attached hydrogen (secondary N) is 1. The maximum atomic E-state index is 6.07. The molecule has 1 heterocycles. The van der Waals surface area contributed by atoms with Crippen LogP contribution in [0.2, 0.25) is 5.02 Å². The fourth-order valence-corrected chi connectivity index (χ4v) is 1.79. The number of nitrogens with zero attached hydrogens (tertiary/aromatic N) is 2. The molecule has 1 aromatic carbocycles. The van der Waals surface area contributed by atoms with Crippen LogP contribution in [-0.2, 0) is 0 Å². The van der Waals surface area contributed by atoms with Gasteiger partial charge in [0, 0.05) is 22.8 Å². The lowest BCUT2D eigenvalue weighted by Crippen LogP contribution is -2.03. The maximum absolute atomic E-state index is 6.07. The van der Waals surface area contributed by atoms with Crippen LogP contribution in [0.3, 0.4) is 0 Å². The molecule has 0 saturated heterocycles. The first-order chi connectivity index (χ1) is 9.01. The lowest BCUT2D eigenvalue weighted by molar-refractivity contribution is 0.416. The summed E-state index contributed by atoms with van der Waals surface area (Å²) in [4.78, 5) is 8.09. The van der Waals surface area contributed by atoms with E-state index >= 15 is 0 Å². The van der Waals surface area contributed by atoms with Crippen LogP contribution in [0.25, 0.3) is 0 Å². The second-order valence-electron chi connectivity index (χ2n) is 4.19. The fraction of sp³-hybridized carbons (Fsp3) is 0.231. The highest BCUT2D eigenvalue weighted by Gasteiger charge is 2.09. The average molecular weight is 279 g/mol. The summed E-state index contributed by atoms with van der Waals surface area (Å²) >= 11 is 6.07. The number of anilines is 3. The molecule has 0 aliphatic carbocycles. The summed E-state index contributed by atoms with van der Waals surface area (Å²) in [6.45, 7) is 3.82. The van der Waals surface area contributed by atoms with E-state index in [0.717, 1.165) is 16.8 Å². The number of nitrogen functional groups attached to an aromatic ring is 1. The zero-order chi connectivity index (χ0) is 14.0. The van der Waals surface area contributed by atoms with Crippen LogP contribution in [0.1, 0.15) is 11.1 Å². The minimum absolute atomic E-state index is 0.220. The smallest absolute Gasteiger partial charge is 0.221 e. The zero-order valence-corrected chi connectivity index (χ0v) is 11.7. The summed E-state index contributed by atoms with van der Waals surface area (Å²) in [6.07, 6.45) is 1.67. The number of rotatable bonds is 3. The molecular weight excluding hydrogens is 264 g/mol. The topological polar surface area (TPSA) is 73.1 Å². The van der Waals surface area contributed by atoms with Crippen molar-refractivity contribution in [1.29, 1.82) is 0 Å². The lowest BCUT2D eigenvalue weighted by Gasteiger charge is -2.14. The Labute approximate surface area is 116 Å². The number of hydrogen-bond acceptors (Lipinski definition) is 5. The van der Waals surface area contributed by atoms with Gasteiger partial charge in [-0.25, -0.2) is 4.98 Å². The van der Waals surface area contributed by atoms with Crippen molar-refractivity contribution in [3.8, 4) is 5.75 Å². The van der Waals surface area contributed by atoms with Crippen LogP contribution in [0.4, 0.5) is 17.5 Å². The molecule has 0 fully saturated rings. The number of aryl methyl sites for hydroxylation is 2. The van der Waals surface area contributed by atoms with Crippen molar-refractivity contribution in [3.63, 3.8) is 0 Å². The largest absolute Gasteiger partial charge is 0.495 e. The van der Waals surface area contributed by atoms with E-state index in [1.165, 1.54) is 0 Å². The second kappa shape index (κ2) is 5.32. The molecule has 2 aromatic rings. The average Bonchev–Trinajstić information content (AvgIpc) is 2.38. The van der Waals surface area contributed by atoms with Crippen molar-refractivity contribution in [2.24, 2.45) is 0 Å². The Hall–Kier alpha value is -2.01. The molecule has 5 nitrogen and oxygen atoms in total. The minimum Gasteiger partial charge on any atom is -0.495 e. The van der Waals surface area contributed by atoms with Crippen LogP contribution in [0.15, 0.2) is 18.3 Å². The molecule has 19 heavy (non-hydrogen) atoms. The molecule has 0 aliphatic rings. The van der Waals surface area contributed by atoms with E-state index < -0.39 is 0 Å². The summed E-state index contributed by atoms with van der Waals surface area (Å²) in [5.41, 5.74) is 8.22. The fourth-order valence-electron chi connectivity index (χ4n) is 1.64. The first-order valence-corrected chi connectivity index (χ1v) is 6.09. The van der Waals surface area contributed by atoms with Crippen molar-refractivity contribution in [3.05, 3.63) is 34.5 Å². The molecule has 100 valence electrons. The van der Waals surface area contributed by atoms with Gasteiger partial charge in [-0.3, -0.25) is 0 Å². The highest BCUT2D eigenvalue weighted by atomic mass is 35.5. The number of methoxy groups -OCH3 is 1. The zero-order valence-electron chi connectivity index (χ0n) is 11.0. The minimum atomic E-state index is 0.220. The molecule has 0 saturated carbocycles. The van der Waals surface area contributed by atoms with Gasteiger partial charge in [0.2, 0.25) is 5.95 Å². The monoisotopic (exact) mass is 278 g/mol. The van der Waals surface area contributed by atoms with Gasteiger partial charge in [-0.1, -0.05) is 11.6 Å². The van der Waals surface area contributed by atoms with Crippen molar-refractivity contribution in [2.45, 2.75) is 13.8 Å². The Morgan fingerprint density at radius 1 is 1.26 bits per heavy atom. The van der Waals surface area contributed by atoms with Gasteiger partial charge in [0.1, 0.15) is 11.6 Å². The van der Waals surface area contributed by atoms with Gasteiger partial charge in [-0.05, 0) is 25.5 Å². The van der Waals surface area contributed by atoms with Crippen molar-refractivity contribution < 1.29 is 4.74 Å². The number of aromatic nitrogens is 2. The molecule has 3 N–H and O–H groups in total. The standard InChI is InChI=1S/C13H15ClN4O/c1-7-4-10(11(19-3)5-9(7)14)17-12-8(2)6-16-13(15)18-12/h4-6H,1-3H3,(H3,15,16,17,18). The number of benzene rings is 1. The molecule has 2 rings (SSSR count). The maximum Gasteiger partial charge on any atom is 0.221 e. The Morgan fingerprint density at radius 3 is 2.68 bits per heavy atom. The van der Waals surface area contributed by atoms with Crippen LogP contribution in [0.5, 0.6) is 5.75 Å². The second-order valence-corrected chi connectivity index (χ2v) is 4.59. The van der Waals surface area contributed by atoms with Crippen molar-refractivity contribution in [1.82, 2.24) is 9.97 Å². The van der Waals surface area contributed by atoms with E-state index in [4.69, 9.17) is 22.1 Å². The van der Waals surface area contributed by atoms with Gasteiger partial charge in [0.05, 0.1) is 12.8 Å². The molecule has 0 spiro atoms. The Kier molecular flexibility index (Phi) is 3.76. The Bertz CT molecular complexity index is 616. The van der Waals surface area contributed by atoms with Crippen LogP contribution < -0.4 is 15.8 Å². The van der Waals surface area contributed by atoms with E-state index in [1.54, 1.807) is 19.4 Å². The predicted molar refractivity (Wildman–Crippen MR) is 77.2 cm³/mol. The van der Waals surface area contributed by atoms with Crippen molar-refractivity contribution in [2.75, 3.05) is 18.2 Å². The Balaban J connectivity index is 2.42. The van der Waals surface area contributed by atoms with E-state index in [-0.39, 0.29) is 5.95 Å². The van der Waals surface area contributed by atoms with Gasteiger partial charge in [0.15, 0.2) is 0 Å². The molecule has 1 aromatic heterocycles. The third-order valence-electron chi connectivity index (χ3n) is 2.72. The van der Waals surface area contributed by atoms with Gasteiger partial charge < -0.3 is 15.8 Å². The third kappa shape index (κ3) is 2.88. The lowest BCUT2D eigenvalue weighted by atomic mass is 10.2. The summed E-state index contributed by atoms with van der Waals surface area (Å²) < 4.78 is 5.30. The van der Waals surface area contributed by atoms with E-state index in [1.807, 2.05) is 19.9 Å². The van der Waals surface area contributed by atoms with E-state index in [9.17, 15) is 0 Å². The van der Waals surface area contributed by atoms with Gasteiger partial charge in [-0.15, -0.1) is 0 Å². The number of hydrogen-bond donors (Lipinski definition) is 2. The first kappa shape index (κ1) is 13.4. The summed E-state index contributed by atoms with van der Waals surface area (Å²) in [5.74, 6) is 1.51. The highest BCUT2D eigenvalue weighted by Crippen LogP contribution is 2.33. The van der Waals surface area contributed by atoms with Gasteiger partial charge >= 0.3 is 0 Å². The van der Waals surface area contributed by atoms with Crippen LogP contribution in [-0.4, -0.2) is 17.1 Å². The number of ether oxygens (including phenoxy) is 1. The molecule has 0 amide bonds. The molecule has 0 atom stereocenters. The van der Waals surface area contributed by atoms with Gasteiger partial charge in [0.25, 0.3) is 0 Å². The quantitative estimate of drug-likeness (QED) is 0.903. The van der Waals surface area contributed by atoms with Gasteiger partial charge in [-0.2, -0.15) is 4.98 Å². The first-order valence-electron chi connectivity index (χ1n) is 5.71. The third-order valence-corrected chi connectivity index (χ3v) is 3.13. The molecule has 0 aliphatic heterocycles. The van der Waals surface area contributed by atoms with E-state index in [2.05, 4.69) is 15.3 Å². The molecule has 0 radical (unpaired) electrons. The summed E-state index contributed by atoms with van der Waals surface area (Å²) in [5, 5.41) is 3.84. The summed E-state index contributed by atoms with van der Waals surface area (Å²) in [6, 6.07) is 3.66. The van der Waals surface area contributed by atoms with Crippen molar-refractivity contribution >= 4 is 29.1 Å². The molecular formula is C13H15ClN4O. The van der Waals surface area contributed by atoms with Crippen LogP contribution in [0, 0.1) is 13.8 Å². The predicted octanol–water partition coefficient (Wildman–Crippen LogP) is 3.08. The molecule has 6 heteroatoms. The number of halogens is 1. The molecule has 0 bridgehead atoms. The summed E-state index contributed by atoms with van der Waals surface area (Å²) in [7, 11) is 1.59. The molecule has 0 unspecified atom stereocenters. The SMILES string of the molecule is COc1cc(Cl)c(C)cc1Nc1nc(N)ncc1C. The normalized spacial score (nSPS) is 10.3.